The van der Waals surface area contributed by atoms with Crippen molar-refractivity contribution < 1.29 is 9.47 Å². The highest BCUT2D eigenvalue weighted by molar-refractivity contribution is 5.80. The molecule has 0 spiro atoms. The van der Waals surface area contributed by atoms with E-state index >= 15 is 0 Å². The Morgan fingerprint density at radius 3 is 1.31 bits per heavy atom. The van der Waals surface area contributed by atoms with Gasteiger partial charge in [0.2, 0.25) is 0 Å². The third-order valence-electron chi connectivity index (χ3n) is 6.52. The predicted octanol–water partition coefficient (Wildman–Crippen LogP) is 9.16. The van der Waals surface area contributed by atoms with E-state index in [1.54, 1.807) is 0 Å². The fraction of sp³-hybridized carbons (Fsp3) is 0.714. The van der Waals surface area contributed by atoms with Crippen LogP contribution in [0.25, 0.3) is 9.69 Å². The highest BCUT2D eigenvalue weighted by Crippen LogP contribution is 2.41. The second-order valence-electron chi connectivity index (χ2n) is 8.80. The molecule has 178 valence electrons. The molecule has 0 N–H and O–H groups in total. The van der Waals surface area contributed by atoms with Crippen molar-refractivity contribution in [2.45, 2.75) is 131 Å². The highest BCUT2D eigenvalue weighted by Gasteiger charge is 2.22. The van der Waals surface area contributed by atoms with Crippen molar-refractivity contribution in [1.29, 1.82) is 0 Å². The molecule has 0 aromatic heterocycles. The maximum absolute atomic E-state index is 7.66. The van der Waals surface area contributed by atoms with Crippen molar-refractivity contribution in [3.05, 3.63) is 45.1 Å². The second kappa shape index (κ2) is 15.8. The summed E-state index contributed by atoms with van der Waals surface area (Å²) in [5.74, 6) is 0. The van der Waals surface area contributed by atoms with Gasteiger partial charge in [-0.25, -0.2) is 9.69 Å². The lowest BCUT2D eigenvalue weighted by Gasteiger charge is -2.24. The maximum atomic E-state index is 7.66. The van der Waals surface area contributed by atoms with Crippen LogP contribution in [-0.2, 0) is 22.7 Å². The van der Waals surface area contributed by atoms with Gasteiger partial charge in [0.05, 0.1) is 38.6 Å². The largest absolute Gasteiger partial charge is 0.374 e. The standard InChI is InChI=1S/C28H44N2O2/c1-9-13-15-17-23(11-3)31-19-25-21(5)27(29-7)28(30-8)22(6)26(25)20-32-24(12-4)18-16-14-10-2/h23-24H,9-20H2,1-6H3/t23-,24-/m1/s1. The van der Waals surface area contributed by atoms with Gasteiger partial charge in [-0.2, -0.15) is 0 Å². The zero-order valence-electron chi connectivity index (χ0n) is 21.4. The Morgan fingerprint density at radius 1 is 0.656 bits per heavy atom. The van der Waals surface area contributed by atoms with E-state index in [4.69, 9.17) is 22.6 Å². The molecule has 0 fully saturated rings. The fourth-order valence-corrected chi connectivity index (χ4v) is 4.22. The van der Waals surface area contributed by atoms with Gasteiger partial charge in [-0.1, -0.05) is 91.2 Å². The van der Waals surface area contributed by atoms with Crippen molar-refractivity contribution >= 4 is 11.4 Å². The SMILES string of the molecule is [C-]#[N+]c1c(C)c(CO[C@H](CC)CCCCC)c(CO[C@H](CC)CCCCC)c(C)c1[N+]#[C-]. The topological polar surface area (TPSA) is 27.2 Å². The maximum Gasteiger partial charge on any atom is 0.198 e. The van der Waals surface area contributed by atoms with E-state index in [2.05, 4.69) is 37.4 Å². The van der Waals surface area contributed by atoms with E-state index in [-0.39, 0.29) is 12.2 Å². The van der Waals surface area contributed by atoms with Crippen LogP contribution in [0.15, 0.2) is 0 Å². The molecule has 0 aliphatic carbocycles. The Bertz CT molecular complexity index is 708. The first-order chi connectivity index (χ1) is 15.5. The lowest BCUT2D eigenvalue weighted by molar-refractivity contribution is 0.0204. The Balaban J connectivity index is 3.16. The molecule has 0 bridgehead atoms. The van der Waals surface area contributed by atoms with Gasteiger partial charge in [-0.3, -0.25) is 0 Å². The number of ether oxygens (including phenoxy) is 2. The molecule has 0 aliphatic rings. The molecule has 1 aromatic rings. The number of unbranched alkanes of at least 4 members (excludes halogenated alkanes) is 4. The molecule has 0 amide bonds. The van der Waals surface area contributed by atoms with Crippen molar-refractivity contribution in [3.8, 4) is 0 Å². The van der Waals surface area contributed by atoms with Gasteiger partial charge in [-0.15, -0.1) is 0 Å². The molecule has 0 saturated carbocycles. The van der Waals surface area contributed by atoms with Gasteiger partial charge in [0.25, 0.3) is 0 Å². The number of benzene rings is 1. The summed E-state index contributed by atoms with van der Waals surface area (Å²) in [6.45, 7) is 29.0. The molecule has 4 heteroatoms. The average molecular weight is 441 g/mol. The van der Waals surface area contributed by atoms with Crippen LogP contribution in [0.4, 0.5) is 11.4 Å². The lowest BCUT2D eigenvalue weighted by atomic mass is 9.94. The number of rotatable bonds is 16. The zero-order valence-corrected chi connectivity index (χ0v) is 21.4. The quantitative estimate of drug-likeness (QED) is 0.189. The van der Waals surface area contributed by atoms with Gasteiger partial charge in [0, 0.05) is 0 Å². The van der Waals surface area contributed by atoms with E-state index in [1.807, 2.05) is 13.8 Å². The summed E-state index contributed by atoms with van der Waals surface area (Å²) >= 11 is 0. The summed E-state index contributed by atoms with van der Waals surface area (Å²) in [6, 6.07) is 0. The smallest absolute Gasteiger partial charge is 0.198 e. The van der Waals surface area contributed by atoms with E-state index < -0.39 is 0 Å². The van der Waals surface area contributed by atoms with E-state index in [1.165, 1.54) is 38.5 Å². The molecule has 1 aromatic carbocycles. The third-order valence-corrected chi connectivity index (χ3v) is 6.52. The van der Waals surface area contributed by atoms with Gasteiger partial charge in [0.1, 0.15) is 0 Å². The van der Waals surface area contributed by atoms with Crippen LogP contribution in [0, 0.1) is 27.0 Å². The molecule has 0 saturated heterocycles. The highest BCUT2D eigenvalue weighted by atomic mass is 16.5. The van der Waals surface area contributed by atoms with Crippen LogP contribution in [-0.4, -0.2) is 12.2 Å². The Morgan fingerprint density at radius 2 is 1.03 bits per heavy atom. The van der Waals surface area contributed by atoms with Gasteiger partial charge < -0.3 is 9.47 Å². The van der Waals surface area contributed by atoms with Gasteiger partial charge >= 0.3 is 0 Å². The monoisotopic (exact) mass is 440 g/mol. The van der Waals surface area contributed by atoms with Gasteiger partial charge in [-0.05, 0) is 36.8 Å². The Labute approximate surface area is 197 Å². The summed E-state index contributed by atoms with van der Waals surface area (Å²) < 4.78 is 12.7. The number of hydrogen-bond acceptors (Lipinski definition) is 2. The van der Waals surface area contributed by atoms with Crippen LogP contribution in [0.3, 0.4) is 0 Å². The summed E-state index contributed by atoms with van der Waals surface area (Å²) in [4.78, 5) is 7.43. The minimum Gasteiger partial charge on any atom is -0.374 e. The van der Waals surface area contributed by atoms with Crippen molar-refractivity contribution in [1.82, 2.24) is 0 Å². The molecule has 4 nitrogen and oxygen atoms in total. The van der Waals surface area contributed by atoms with Crippen LogP contribution < -0.4 is 0 Å². The van der Waals surface area contributed by atoms with Crippen LogP contribution in [0.2, 0.25) is 0 Å². The van der Waals surface area contributed by atoms with Crippen molar-refractivity contribution in [3.63, 3.8) is 0 Å². The summed E-state index contributed by atoms with van der Waals surface area (Å²) in [6.07, 6.45) is 11.8. The first-order valence-electron chi connectivity index (χ1n) is 12.6. The van der Waals surface area contributed by atoms with E-state index in [9.17, 15) is 0 Å². The fourth-order valence-electron chi connectivity index (χ4n) is 4.22. The zero-order chi connectivity index (χ0) is 23.9. The molecular formula is C28H44N2O2. The Kier molecular flexibility index (Phi) is 13.9. The van der Waals surface area contributed by atoms with Gasteiger partial charge in [0.15, 0.2) is 11.4 Å². The lowest BCUT2D eigenvalue weighted by Crippen LogP contribution is -2.16. The molecule has 2 atom stereocenters. The average Bonchev–Trinajstić information content (AvgIpc) is 2.80. The molecule has 1 rings (SSSR count). The molecule has 0 radical (unpaired) electrons. The first-order valence-corrected chi connectivity index (χ1v) is 12.6. The Hall–Kier alpha value is -1.88. The van der Waals surface area contributed by atoms with Crippen molar-refractivity contribution in [2.24, 2.45) is 0 Å². The molecule has 0 heterocycles. The summed E-state index contributed by atoms with van der Waals surface area (Å²) in [5, 5.41) is 0. The minimum atomic E-state index is 0.226. The van der Waals surface area contributed by atoms with Crippen LogP contribution >= 0.6 is 0 Å². The predicted molar refractivity (Wildman–Crippen MR) is 134 cm³/mol. The summed E-state index contributed by atoms with van der Waals surface area (Å²) in [5.41, 5.74) is 4.76. The normalized spacial score (nSPS) is 12.9. The van der Waals surface area contributed by atoms with Crippen LogP contribution in [0.5, 0.6) is 0 Å². The van der Waals surface area contributed by atoms with E-state index in [0.29, 0.717) is 24.6 Å². The second-order valence-corrected chi connectivity index (χ2v) is 8.80. The summed E-state index contributed by atoms with van der Waals surface area (Å²) in [7, 11) is 0. The first kappa shape index (κ1) is 28.2. The molecule has 0 aliphatic heterocycles. The molecule has 0 unspecified atom stereocenters. The minimum absolute atomic E-state index is 0.226. The number of hydrogen-bond donors (Lipinski definition) is 0. The van der Waals surface area contributed by atoms with Crippen LogP contribution in [0.1, 0.15) is 114 Å². The third kappa shape index (κ3) is 8.23. The van der Waals surface area contributed by atoms with E-state index in [0.717, 1.165) is 47.9 Å². The molecule has 32 heavy (non-hydrogen) atoms. The number of nitrogens with zero attached hydrogens (tertiary/aromatic N) is 2. The molecular weight excluding hydrogens is 396 g/mol. The van der Waals surface area contributed by atoms with Crippen molar-refractivity contribution in [2.75, 3.05) is 0 Å².